The molecule has 0 bridgehead atoms. The van der Waals surface area contributed by atoms with Gasteiger partial charge in [0, 0.05) is 68.9 Å². The number of nitrogens with one attached hydrogen (secondary N) is 1. The molecule has 0 spiro atoms. The lowest BCUT2D eigenvalue weighted by molar-refractivity contribution is -0.134. The lowest BCUT2D eigenvalue weighted by Crippen LogP contribution is -2.55. The van der Waals surface area contributed by atoms with E-state index in [4.69, 9.17) is 16.0 Å². The van der Waals surface area contributed by atoms with Crippen LogP contribution in [0.1, 0.15) is 40.9 Å². The molecule has 0 saturated carbocycles. The summed E-state index contributed by atoms with van der Waals surface area (Å²) in [6.07, 6.45) is 2.72. The van der Waals surface area contributed by atoms with E-state index >= 15 is 0 Å². The van der Waals surface area contributed by atoms with E-state index in [1.807, 2.05) is 23.1 Å². The van der Waals surface area contributed by atoms with Crippen molar-refractivity contribution < 1.29 is 23.2 Å². The first-order chi connectivity index (χ1) is 22.2. The molecule has 2 aliphatic rings. The SMILES string of the molecule is O=C(N[C@H](Cc1ccc(Cl)cc1)C(=O)N1CCN(c2ccccc2CN2CCCCC2=O)CC1)c1cc(=O)c2cc(F)ccc2o1. The summed E-state index contributed by atoms with van der Waals surface area (Å²) in [4.78, 5) is 58.3. The van der Waals surface area contributed by atoms with Crippen LogP contribution in [-0.2, 0) is 22.6 Å². The van der Waals surface area contributed by atoms with Crippen LogP contribution in [0.25, 0.3) is 11.0 Å². The number of hydrogen-bond acceptors (Lipinski definition) is 6. The minimum absolute atomic E-state index is 0.0207. The first-order valence-corrected chi connectivity index (χ1v) is 15.8. The van der Waals surface area contributed by atoms with Crippen molar-refractivity contribution in [1.82, 2.24) is 15.1 Å². The zero-order chi connectivity index (χ0) is 32.2. The Labute approximate surface area is 270 Å². The summed E-state index contributed by atoms with van der Waals surface area (Å²) < 4.78 is 19.3. The highest BCUT2D eigenvalue weighted by Gasteiger charge is 2.31. The van der Waals surface area contributed by atoms with Gasteiger partial charge in [0.2, 0.25) is 11.8 Å². The van der Waals surface area contributed by atoms with Crippen LogP contribution in [0.5, 0.6) is 0 Å². The predicted molar refractivity (Wildman–Crippen MR) is 173 cm³/mol. The third-order valence-electron chi connectivity index (χ3n) is 8.58. The van der Waals surface area contributed by atoms with Gasteiger partial charge < -0.3 is 24.4 Å². The number of piperidine rings is 1. The number of anilines is 1. The maximum absolute atomic E-state index is 14.0. The molecule has 2 aliphatic heterocycles. The molecule has 11 heteroatoms. The van der Waals surface area contributed by atoms with Crippen molar-refractivity contribution in [2.75, 3.05) is 37.6 Å². The number of rotatable bonds is 8. The van der Waals surface area contributed by atoms with Crippen molar-refractivity contribution in [1.29, 1.82) is 0 Å². The van der Waals surface area contributed by atoms with E-state index in [0.717, 1.165) is 54.4 Å². The molecule has 46 heavy (non-hydrogen) atoms. The van der Waals surface area contributed by atoms with Crippen molar-refractivity contribution in [2.24, 2.45) is 0 Å². The van der Waals surface area contributed by atoms with Crippen molar-refractivity contribution in [3.63, 3.8) is 0 Å². The molecular weight excluding hydrogens is 611 g/mol. The summed E-state index contributed by atoms with van der Waals surface area (Å²) in [6.45, 7) is 3.34. The third-order valence-corrected chi connectivity index (χ3v) is 8.83. The molecule has 3 aromatic carbocycles. The Morgan fingerprint density at radius 2 is 1.67 bits per heavy atom. The lowest BCUT2D eigenvalue weighted by atomic mass is 10.0. The van der Waals surface area contributed by atoms with Gasteiger partial charge in [0.05, 0.1) is 5.39 Å². The minimum Gasteiger partial charge on any atom is -0.451 e. The first kappa shape index (κ1) is 31.3. The monoisotopic (exact) mass is 644 g/mol. The first-order valence-electron chi connectivity index (χ1n) is 15.4. The standard InChI is InChI=1S/C35H34ClFN4O5/c36-25-10-8-23(9-11-25)19-28(38-34(44)32-21-30(42)27-20-26(37)12-13-31(27)46-32)35(45)40-17-15-39(16-18-40)29-6-2-1-5-24(29)22-41-14-4-3-7-33(41)43/h1-2,5-6,8-13,20-21,28H,3-4,7,14-19,22H2,(H,38,44)/t28-/m1/s1. The fourth-order valence-electron chi connectivity index (χ4n) is 6.10. The van der Waals surface area contributed by atoms with Crippen LogP contribution in [0, 0.1) is 5.82 Å². The number of para-hydroxylation sites is 1. The molecule has 0 aliphatic carbocycles. The van der Waals surface area contributed by atoms with Gasteiger partial charge in [-0.25, -0.2) is 4.39 Å². The number of carbonyl (C=O) groups is 3. The van der Waals surface area contributed by atoms with Crippen LogP contribution in [0.2, 0.25) is 5.02 Å². The van der Waals surface area contributed by atoms with Gasteiger partial charge in [0.15, 0.2) is 11.2 Å². The number of amides is 3. The van der Waals surface area contributed by atoms with Gasteiger partial charge in [-0.05, 0) is 60.4 Å². The number of likely N-dealkylation sites (tertiary alicyclic amines) is 1. The topological polar surface area (TPSA) is 103 Å². The number of hydrogen-bond donors (Lipinski definition) is 1. The van der Waals surface area contributed by atoms with E-state index in [9.17, 15) is 23.6 Å². The molecule has 1 N–H and O–H groups in total. The maximum Gasteiger partial charge on any atom is 0.287 e. The van der Waals surface area contributed by atoms with E-state index in [2.05, 4.69) is 16.3 Å². The lowest BCUT2D eigenvalue weighted by Gasteiger charge is -2.39. The zero-order valence-corrected chi connectivity index (χ0v) is 26.0. The Hall–Kier alpha value is -4.70. The maximum atomic E-state index is 14.0. The highest BCUT2D eigenvalue weighted by molar-refractivity contribution is 6.30. The molecule has 0 radical (unpaired) electrons. The summed E-state index contributed by atoms with van der Waals surface area (Å²) in [5.74, 6) is -1.67. The fourth-order valence-corrected chi connectivity index (χ4v) is 6.23. The Morgan fingerprint density at radius 1 is 0.913 bits per heavy atom. The molecular formula is C35H34ClFN4O5. The molecule has 6 rings (SSSR count). The number of nitrogens with zero attached hydrogens (tertiary/aromatic N) is 3. The molecule has 3 amide bonds. The van der Waals surface area contributed by atoms with Crippen molar-refractivity contribution in [2.45, 2.75) is 38.3 Å². The highest BCUT2D eigenvalue weighted by Crippen LogP contribution is 2.25. The van der Waals surface area contributed by atoms with Gasteiger partial charge in [0.25, 0.3) is 5.91 Å². The molecule has 1 aromatic heterocycles. The predicted octanol–water partition coefficient (Wildman–Crippen LogP) is 4.79. The summed E-state index contributed by atoms with van der Waals surface area (Å²) in [5, 5.41) is 3.35. The average Bonchev–Trinajstić information content (AvgIpc) is 3.06. The van der Waals surface area contributed by atoms with Gasteiger partial charge >= 0.3 is 0 Å². The molecule has 3 heterocycles. The number of halogens is 2. The second-order valence-electron chi connectivity index (χ2n) is 11.7. The van der Waals surface area contributed by atoms with E-state index in [0.29, 0.717) is 44.2 Å². The van der Waals surface area contributed by atoms with Crippen molar-refractivity contribution in [3.05, 3.63) is 111 Å². The largest absolute Gasteiger partial charge is 0.451 e. The molecule has 0 unspecified atom stereocenters. The minimum atomic E-state index is -0.952. The Bertz CT molecular complexity index is 1820. The van der Waals surface area contributed by atoms with Gasteiger partial charge in [0.1, 0.15) is 17.4 Å². The van der Waals surface area contributed by atoms with Gasteiger partial charge in [-0.2, -0.15) is 0 Å². The molecule has 238 valence electrons. The second-order valence-corrected chi connectivity index (χ2v) is 12.1. The van der Waals surface area contributed by atoms with Crippen molar-refractivity contribution in [3.8, 4) is 0 Å². The van der Waals surface area contributed by atoms with E-state index in [1.165, 1.54) is 6.07 Å². The highest BCUT2D eigenvalue weighted by atomic mass is 35.5. The Morgan fingerprint density at radius 3 is 2.43 bits per heavy atom. The molecule has 4 aromatic rings. The normalized spacial score (nSPS) is 16.0. The van der Waals surface area contributed by atoms with Gasteiger partial charge in [-0.15, -0.1) is 0 Å². The van der Waals surface area contributed by atoms with E-state index < -0.39 is 23.2 Å². The second kappa shape index (κ2) is 13.7. The number of fused-ring (bicyclic) bond motifs is 1. The smallest absolute Gasteiger partial charge is 0.287 e. The third kappa shape index (κ3) is 7.07. The summed E-state index contributed by atoms with van der Waals surface area (Å²) in [5.41, 5.74) is 2.42. The summed E-state index contributed by atoms with van der Waals surface area (Å²) >= 11 is 6.07. The fraction of sp³-hybridized carbons (Fsp3) is 0.314. The summed E-state index contributed by atoms with van der Waals surface area (Å²) in [7, 11) is 0. The van der Waals surface area contributed by atoms with Gasteiger partial charge in [-0.1, -0.05) is 41.9 Å². The molecule has 2 saturated heterocycles. The van der Waals surface area contributed by atoms with Crippen LogP contribution in [-0.4, -0.2) is 66.3 Å². The Balaban J connectivity index is 1.17. The van der Waals surface area contributed by atoms with E-state index in [-0.39, 0.29) is 35.0 Å². The summed E-state index contributed by atoms with van der Waals surface area (Å²) in [6, 6.07) is 18.6. The van der Waals surface area contributed by atoms with Crippen LogP contribution in [0.3, 0.4) is 0 Å². The Kier molecular flexibility index (Phi) is 9.35. The van der Waals surface area contributed by atoms with Crippen LogP contribution in [0.15, 0.2) is 82.0 Å². The number of benzene rings is 3. The van der Waals surface area contributed by atoms with E-state index in [1.54, 1.807) is 29.2 Å². The van der Waals surface area contributed by atoms with Gasteiger partial charge in [-0.3, -0.25) is 19.2 Å². The molecule has 2 fully saturated rings. The number of carbonyl (C=O) groups excluding carboxylic acids is 3. The quantitative estimate of drug-likeness (QED) is 0.296. The van der Waals surface area contributed by atoms with Crippen LogP contribution in [0.4, 0.5) is 10.1 Å². The zero-order valence-electron chi connectivity index (χ0n) is 25.2. The molecule has 9 nitrogen and oxygen atoms in total. The van der Waals surface area contributed by atoms with Crippen LogP contribution < -0.4 is 15.6 Å². The average molecular weight is 645 g/mol. The van der Waals surface area contributed by atoms with Crippen molar-refractivity contribution >= 4 is 46.0 Å². The molecule has 1 atom stereocenters. The van der Waals surface area contributed by atoms with Crippen LogP contribution >= 0.6 is 11.6 Å². The number of piperazine rings is 1.